The van der Waals surface area contributed by atoms with Crippen molar-refractivity contribution < 1.29 is 18.8 Å². The molecule has 0 radical (unpaired) electrons. The Morgan fingerprint density at radius 3 is 1.87 bits per heavy atom. The van der Waals surface area contributed by atoms with Gasteiger partial charge < -0.3 is 14.0 Å². The first-order valence-corrected chi connectivity index (χ1v) is 8.66. The highest BCUT2D eigenvalue weighted by Crippen LogP contribution is 2.38. The van der Waals surface area contributed by atoms with Crippen LogP contribution < -0.4 is 0 Å². The molecule has 0 bridgehead atoms. The lowest BCUT2D eigenvalue weighted by atomic mass is 9.76. The average Bonchev–Trinajstić information content (AvgIpc) is 2.68. The summed E-state index contributed by atoms with van der Waals surface area (Å²) in [4.78, 5) is 9.18. The third kappa shape index (κ3) is 9.16. The van der Waals surface area contributed by atoms with Crippen LogP contribution >= 0.6 is 0 Å². The maximum atomic E-state index is 9.18. The Labute approximate surface area is 144 Å². The van der Waals surface area contributed by atoms with E-state index >= 15 is 0 Å². The monoisotopic (exact) mass is 328 g/mol. The lowest BCUT2D eigenvalue weighted by Gasteiger charge is -2.32. The highest BCUT2D eigenvalue weighted by molar-refractivity contribution is 6.54. The van der Waals surface area contributed by atoms with Gasteiger partial charge in [-0.2, -0.15) is 0 Å². The minimum absolute atomic E-state index is 0.233. The predicted octanol–water partition coefficient (Wildman–Crippen LogP) is 4.82. The van der Waals surface area contributed by atoms with Crippen LogP contribution in [0.3, 0.4) is 0 Å². The van der Waals surface area contributed by atoms with Gasteiger partial charge in [-0.05, 0) is 58.9 Å². The highest BCUT2D eigenvalue weighted by atomic mass is 16.7. The molecule has 0 unspecified atom stereocenters. The molecule has 0 aromatic rings. The molecule has 0 aromatic heterocycles. The SMILES string of the molecule is C=C(CCC(C)C)B1OC(C)(C)C(C)(C)O1.CC.CCOC=O. The van der Waals surface area contributed by atoms with E-state index in [4.69, 9.17) is 9.31 Å². The smallest absolute Gasteiger partial charge is 0.468 e. The Morgan fingerprint density at radius 1 is 1.17 bits per heavy atom. The number of hydrogen-bond acceptors (Lipinski definition) is 4. The molecule has 5 heteroatoms. The van der Waals surface area contributed by atoms with E-state index in [-0.39, 0.29) is 18.3 Å². The van der Waals surface area contributed by atoms with Crippen molar-refractivity contribution in [1.82, 2.24) is 0 Å². The molecule has 0 amide bonds. The number of rotatable bonds is 6. The number of ether oxygens (including phenoxy) is 1. The molecular formula is C18H37BO4. The molecule has 0 N–H and O–H groups in total. The fraction of sp³-hybridized carbons (Fsp3) is 0.833. The van der Waals surface area contributed by atoms with Crippen molar-refractivity contribution in [3.63, 3.8) is 0 Å². The Hall–Kier alpha value is -0.805. The van der Waals surface area contributed by atoms with E-state index in [1.807, 2.05) is 13.8 Å². The van der Waals surface area contributed by atoms with Crippen LogP contribution in [0.4, 0.5) is 0 Å². The summed E-state index contributed by atoms with van der Waals surface area (Å²) >= 11 is 0. The molecule has 23 heavy (non-hydrogen) atoms. The molecule has 0 atom stereocenters. The van der Waals surface area contributed by atoms with Crippen LogP contribution in [0.5, 0.6) is 0 Å². The maximum absolute atomic E-state index is 9.18. The minimum atomic E-state index is -0.252. The van der Waals surface area contributed by atoms with E-state index in [2.05, 4.69) is 52.9 Å². The molecule has 1 aliphatic heterocycles. The topological polar surface area (TPSA) is 44.8 Å². The summed E-state index contributed by atoms with van der Waals surface area (Å²) in [5, 5.41) is 0. The second-order valence-electron chi connectivity index (χ2n) is 6.73. The van der Waals surface area contributed by atoms with Gasteiger partial charge in [0.1, 0.15) is 0 Å². The summed E-state index contributed by atoms with van der Waals surface area (Å²) < 4.78 is 16.0. The third-order valence-corrected chi connectivity index (χ3v) is 3.86. The molecule has 0 aliphatic carbocycles. The van der Waals surface area contributed by atoms with E-state index in [9.17, 15) is 4.79 Å². The Morgan fingerprint density at radius 2 is 1.61 bits per heavy atom. The number of carbonyl (C=O) groups excluding carboxylic acids is 1. The summed E-state index contributed by atoms with van der Waals surface area (Å²) in [6.07, 6.45) is 2.12. The molecule has 1 aliphatic rings. The molecule has 1 fully saturated rings. The first-order valence-electron chi connectivity index (χ1n) is 8.66. The fourth-order valence-corrected chi connectivity index (χ4v) is 1.67. The zero-order valence-corrected chi connectivity index (χ0v) is 16.7. The normalized spacial score (nSPS) is 17.6. The van der Waals surface area contributed by atoms with Gasteiger partial charge in [0.05, 0.1) is 17.8 Å². The second-order valence-corrected chi connectivity index (χ2v) is 6.73. The van der Waals surface area contributed by atoms with Gasteiger partial charge in [0.2, 0.25) is 0 Å². The van der Waals surface area contributed by atoms with Crippen LogP contribution in [0.25, 0.3) is 0 Å². The van der Waals surface area contributed by atoms with Crippen LogP contribution in [-0.4, -0.2) is 31.4 Å². The van der Waals surface area contributed by atoms with E-state index in [0.717, 1.165) is 18.3 Å². The van der Waals surface area contributed by atoms with Gasteiger partial charge in [0, 0.05) is 0 Å². The molecule has 1 rings (SSSR count). The van der Waals surface area contributed by atoms with E-state index in [1.165, 1.54) is 0 Å². The highest BCUT2D eigenvalue weighted by Gasteiger charge is 2.51. The van der Waals surface area contributed by atoms with Crippen molar-refractivity contribution >= 4 is 13.6 Å². The minimum Gasteiger partial charge on any atom is -0.468 e. The van der Waals surface area contributed by atoms with Gasteiger partial charge in [-0.3, -0.25) is 4.79 Å². The van der Waals surface area contributed by atoms with Crippen LogP contribution in [0.1, 0.15) is 75.2 Å². The van der Waals surface area contributed by atoms with Gasteiger partial charge in [-0.25, -0.2) is 0 Å². The zero-order valence-electron chi connectivity index (χ0n) is 16.7. The van der Waals surface area contributed by atoms with Gasteiger partial charge in [-0.15, -0.1) is 6.58 Å². The van der Waals surface area contributed by atoms with Crippen molar-refractivity contribution in [2.24, 2.45) is 5.92 Å². The zero-order chi connectivity index (χ0) is 18.7. The molecule has 0 saturated carbocycles. The van der Waals surface area contributed by atoms with Crippen molar-refractivity contribution in [1.29, 1.82) is 0 Å². The van der Waals surface area contributed by atoms with Gasteiger partial charge in [-0.1, -0.05) is 27.7 Å². The first kappa shape index (κ1) is 24.4. The van der Waals surface area contributed by atoms with Gasteiger partial charge in [0.25, 0.3) is 6.47 Å². The third-order valence-electron chi connectivity index (χ3n) is 3.86. The summed E-state index contributed by atoms with van der Waals surface area (Å²) in [7, 11) is -0.233. The Kier molecular flexibility index (Phi) is 12.4. The van der Waals surface area contributed by atoms with Crippen molar-refractivity contribution in [2.45, 2.75) is 86.4 Å². The maximum Gasteiger partial charge on any atom is 0.489 e. The Bertz CT molecular complexity index is 322. The van der Waals surface area contributed by atoms with Crippen molar-refractivity contribution in [3.8, 4) is 0 Å². The molecular weight excluding hydrogens is 291 g/mol. The Balaban J connectivity index is 0. The number of allylic oxidation sites excluding steroid dienone is 1. The molecule has 136 valence electrons. The van der Waals surface area contributed by atoms with E-state index < -0.39 is 0 Å². The largest absolute Gasteiger partial charge is 0.489 e. The number of hydrogen-bond donors (Lipinski definition) is 0. The number of carbonyl (C=O) groups is 1. The molecule has 4 nitrogen and oxygen atoms in total. The summed E-state index contributed by atoms with van der Waals surface area (Å²) in [5.41, 5.74) is 0.559. The summed E-state index contributed by atoms with van der Waals surface area (Å²) in [5.74, 6) is 0.694. The van der Waals surface area contributed by atoms with Crippen molar-refractivity contribution in [2.75, 3.05) is 6.61 Å². The lowest BCUT2D eigenvalue weighted by Crippen LogP contribution is -2.41. The van der Waals surface area contributed by atoms with Crippen molar-refractivity contribution in [3.05, 3.63) is 12.1 Å². The van der Waals surface area contributed by atoms with Crippen LogP contribution in [0.2, 0.25) is 0 Å². The molecule has 1 saturated heterocycles. The lowest BCUT2D eigenvalue weighted by molar-refractivity contribution is -0.128. The van der Waals surface area contributed by atoms with Crippen LogP contribution in [0.15, 0.2) is 12.1 Å². The second kappa shape index (κ2) is 11.7. The standard InChI is InChI=1S/C13H25BO2.C3H6O2.C2H6/c1-10(2)8-9-11(3)14-15-12(4,5)13(6,7)16-14;1-2-5-3-4;1-2/h10H,3,8-9H2,1-2,4-7H3;3H,2H2,1H3;1-2H3. The summed E-state index contributed by atoms with van der Waals surface area (Å²) in [6, 6.07) is 0. The molecule has 1 heterocycles. The predicted molar refractivity (Wildman–Crippen MR) is 98.3 cm³/mol. The quantitative estimate of drug-likeness (QED) is 0.518. The summed E-state index contributed by atoms with van der Waals surface area (Å²) in [6.45, 7) is 23.5. The first-order chi connectivity index (χ1) is 10.6. The fourth-order valence-electron chi connectivity index (χ4n) is 1.67. The van der Waals surface area contributed by atoms with Gasteiger partial charge >= 0.3 is 7.12 Å². The van der Waals surface area contributed by atoms with Gasteiger partial charge in [0.15, 0.2) is 0 Å². The molecule has 0 aromatic carbocycles. The van der Waals surface area contributed by atoms with E-state index in [0.29, 0.717) is 19.0 Å². The average molecular weight is 328 g/mol. The van der Waals surface area contributed by atoms with E-state index in [1.54, 1.807) is 6.92 Å². The van der Waals surface area contributed by atoms with Crippen LogP contribution in [0, 0.1) is 5.92 Å². The molecule has 0 spiro atoms. The van der Waals surface area contributed by atoms with Crippen LogP contribution in [-0.2, 0) is 18.8 Å².